The molecule has 1 saturated carbocycles. The molecule has 1 aromatic rings. The lowest BCUT2D eigenvalue weighted by Crippen LogP contribution is -2.51. The standard InChI is InChI=1S/C22H33N3O3/c1-16(2)20(23)21(26)24-12-6-9-18(13-24)14-25(19-10-11-19)22(27)28-15-17-7-4-3-5-8-17/h3-5,7-8,16,18-20H,6,9-15,23H2,1-2H3/t18-,20-/m0/s1. The average molecular weight is 388 g/mol. The van der Waals surface area contributed by atoms with Gasteiger partial charge in [0.25, 0.3) is 0 Å². The second-order valence-corrected chi connectivity index (χ2v) is 8.49. The number of carbonyl (C=O) groups is 2. The molecule has 6 heteroatoms. The fraction of sp³-hybridized carbons (Fsp3) is 0.636. The molecule has 2 fully saturated rings. The molecule has 0 aromatic heterocycles. The molecule has 0 bridgehead atoms. The lowest BCUT2D eigenvalue weighted by molar-refractivity contribution is -0.135. The van der Waals surface area contributed by atoms with E-state index in [1.165, 1.54) is 0 Å². The van der Waals surface area contributed by atoms with Gasteiger partial charge < -0.3 is 20.3 Å². The number of nitrogens with two attached hydrogens (primary N) is 1. The predicted molar refractivity (Wildman–Crippen MR) is 108 cm³/mol. The number of ether oxygens (including phenoxy) is 1. The van der Waals surface area contributed by atoms with Gasteiger partial charge >= 0.3 is 6.09 Å². The Morgan fingerprint density at radius 3 is 2.57 bits per heavy atom. The van der Waals surface area contributed by atoms with Crippen LogP contribution in [0.1, 0.15) is 45.1 Å². The fourth-order valence-electron chi connectivity index (χ4n) is 3.75. The Hall–Kier alpha value is -2.08. The van der Waals surface area contributed by atoms with Gasteiger partial charge in [0, 0.05) is 25.7 Å². The Kier molecular flexibility index (Phi) is 6.94. The van der Waals surface area contributed by atoms with Crippen LogP contribution in [0, 0.1) is 11.8 Å². The quantitative estimate of drug-likeness (QED) is 0.780. The Bertz CT molecular complexity index is 660. The van der Waals surface area contributed by atoms with Gasteiger partial charge in [0.2, 0.25) is 5.91 Å². The second kappa shape index (κ2) is 9.41. The topological polar surface area (TPSA) is 75.9 Å². The van der Waals surface area contributed by atoms with Gasteiger partial charge in [-0.25, -0.2) is 4.79 Å². The lowest BCUT2D eigenvalue weighted by Gasteiger charge is -2.37. The van der Waals surface area contributed by atoms with Crippen molar-refractivity contribution in [1.82, 2.24) is 9.80 Å². The van der Waals surface area contributed by atoms with Gasteiger partial charge in [-0.3, -0.25) is 4.79 Å². The first-order chi connectivity index (χ1) is 13.5. The number of likely N-dealkylation sites (tertiary alicyclic amines) is 1. The van der Waals surface area contributed by atoms with E-state index >= 15 is 0 Å². The van der Waals surface area contributed by atoms with Crippen molar-refractivity contribution in [2.24, 2.45) is 17.6 Å². The number of carbonyl (C=O) groups excluding carboxylic acids is 2. The molecule has 28 heavy (non-hydrogen) atoms. The number of rotatable bonds is 7. The number of hydrogen-bond donors (Lipinski definition) is 1. The molecule has 0 radical (unpaired) electrons. The maximum absolute atomic E-state index is 12.7. The molecular formula is C22H33N3O3. The van der Waals surface area contributed by atoms with E-state index in [-0.39, 0.29) is 29.9 Å². The largest absolute Gasteiger partial charge is 0.445 e. The molecule has 3 rings (SSSR count). The predicted octanol–water partition coefficient (Wildman–Crippen LogP) is 3.01. The normalized spacial score (nSPS) is 20.7. The van der Waals surface area contributed by atoms with Crippen molar-refractivity contribution in [3.63, 3.8) is 0 Å². The van der Waals surface area contributed by atoms with Gasteiger partial charge in [0.1, 0.15) is 6.61 Å². The molecule has 1 heterocycles. The van der Waals surface area contributed by atoms with Crippen molar-refractivity contribution >= 4 is 12.0 Å². The van der Waals surface area contributed by atoms with Crippen LogP contribution in [0.4, 0.5) is 4.79 Å². The monoisotopic (exact) mass is 387 g/mol. The van der Waals surface area contributed by atoms with Crippen LogP contribution >= 0.6 is 0 Å². The highest BCUT2D eigenvalue weighted by molar-refractivity contribution is 5.82. The first-order valence-electron chi connectivity index (χ1n) is 10.5. The summed E-state index contributed by atoms with van der Waals surface area (Å²) in [7, 11) is 0. The molecule has 0 unspecified atom stereocenters. The van der Waals surface area contributed by atoms with Crippen molar-refractivity contribution in [2.45, 2.75) is 58.2 Å². The number of hydrogen-bond acceptors (Lipinski definition) is 4. The van der Waals surface area contributed by atoms with E-state index in [2.05, 4.69) is 0 Å². The highest BCUT2D eigenvalue weighted by atomic mass is 16.6. The van der Waals surface area contributed by atoms with Gasteiger partial charge in [0.15, 0.2) is 0 Å². The molecule has 1 aliphatic carbocycles. The van der Waals surface area contributed by atoms with Gasteiger partial charge in [-0.1, -0.05) is 44.2 Å². The summed E-state index contributed by atoms with van der Waals surface area (Å²) in [6, 6.07) is 9.58. The zero-order valence-corrected chi connectivity index (χ0v) is 17.0. The van der Waals surface area contributed by atoms with Gasteiger partial charge in [-0.2, -0.15) is 0 Å². The molecule has 1 saturated heterocycles. The average Bonchev–Trinajstić information content (AvgIpc) is 3.55. The molecule has 154 valence electrons. The van der Waals surface area contributed by atoms with Crippen molar-refractivity contribution < 1.29 is 14.3 Å². The molecule has 1 aliphatic heterocycles. The summed E-state index contributed by atoms with van der Waals surface area (Å²) >= 11 is 0. The van der Waals surface area contributed by atoms with Crippen LogP contribution in [0.15, 0.2) is 30.3 Å². The Labute approximate surface area is 168 Å². The third-order valence-corrected chi connectivity index (χ3v) is 5.72. The lowest BCUT2D eigenvalue weighted by atomic mass is 9.95. The summed E-state index contributed by atoms with van der Waals surface area (Å²) in [5.41, 5.74) is 7.05. The molecule has 2 aliphatic rings. The van der Waals surface area contributed by atoms with Crippen LogP contribution in [0.2, 0.25) is 0 Å². The molecule has 6 nitrogen and oxygen atoms in total. The summed E-state index contributed by atoms with van der Waals surface area (Å²) < 4.78 is 5.56. The smallest absolute Gasteiger partial charge is 0.410 e. The van der Waals surface area contributed by atoms with Crippen LogP contribution in [0.3, 0.4) is 0 Å². The van der Waals surface area contributed by atoms with E-state index in [4.69, 9.17) is 10.5 Å². The van der Waals surface area contributed by atoms with Crippen LogP contribution in [0.5, 0.6) is 0 Å². The summed E-state index contributed by atoms with van der Waals surface area (Å²) in [5, 5.41) is 0. The zero-order valence-electron chi connectivity index (χ0n) is 17.0. The SMILES string of the molecule is CC(C)[C@H](N)C(=O)N1CCC[C@H](CN(C(=O)OCc2ccccc2)C2CC2)C1. The van der Waals surface area contributed by atoms with E-state index in [0.29, 0.717) is 19.7 Å². The Morgan fingerprint density at radius 2 is 1.93 bits per heavy atom. The van der Waals surface area contributed by atoms with E-state index < -0.39 is 6.04 Å². The second-order valence-electron chi connectivity index (χ2n) is 8.49. The number of nitrogens with zero attached hydrogens (tertiary/aromatic N) is 2. The van der Waals surface area contributed by atoms with Crippen molar-refractivity contribution in [2.75, 3.05) is 19.6 Å². The van der Waals surface area contributed by atoms with E-state index in [9.17, 15) is 9.59 Å². The molecule has 2 amide bonds. The zero-order chi connectivity index (χ0) is 20.1. The Balaban J connectivity index is 1.55. The maximum atomic E-state index is 12.7. The van der Waals surface area contributed by atoms with E-state index in [0.717, 1.165) is 37.8 Å². The highest BCUT2D eigenvalue weighted by Gasteiger charge is 2.37. The van der Waals surface area contributed by atoms with Gasteiger partial charge in [-0.05, 0) is 43.1 Å². The minimum atomic E-state index is -0.450. The van der Waals surface area contributed by atoms with E-state index in [1.807, 2.05) is 54.0 Å². The van der Waals surface area contributed by atoms with Crippen molar-refractivity contribution in [3.05, 3.63) is 35.9 Å². The van der Waals surface area contributed by atoms with Crippen molar-refractivity contribution in [3.8, 4) is 0 Å². The first kappa shape index (κ1) is 20.6. The molecule has 0 spiro atoms. The van der Waals surface area contributed by atoms with Crippen LogP contribution in [-0.4, -0.2) is 53.5 Å². The molecule has 2 atom stereocenters. The maximum Gasteiger partial charge on any atom is 0.410 e. The van der Waals surface area contributed by atoms with Crippen LogP contribution in [0.25, 0.3) is 0 Å². The summed E-state index contributed by atoms with van der Waals surface area (Å²) in [6.45, 7) is 6.33. The van der Waals surface area contributed by atoms with Crippen molar-refractivity contribution in [1.29, 1.82) is 0 Å². The molecule has 1 aromatic carbocycles. The molecular weight excluding hydrogens is 354 g/mol. The number of benzene rings is 1. The first-order valence-corrected chi connectivity index (χ1v) is 10.5. The summed E-state index contributed by atoms with van der Waals surface area (Å²) in [4.78, 5) is 29.1. The Morgan fingerprint density at radius 1 is 1.21 bits per heavy atom. The van der Waals surface area contributed by atoms with Gasteiger partial charge in [-0.15, -0.1) is 0 Å². The van der Waals surface area contributed by atoms with Crippen LogP contribution < -0.4 is 5.73 Å². The number of piperidine rings is 1. The minimum Gasteiger partial charge on any atom is -0.445 e. The third kappa shape index (κ3) is 5.47. The molecule has 2 N–H and O–H groups in total. The fourth-order valence-corrected chi connectivity index (χ4v) is 3.75. The van der Waals surface area contributed by atoms with E-state index in [1.54, 1.807) is 0 Å². The van der Waals surface area contributed by atoms with Gasteiger partial charge in [0.05, 0.1) is 6.04 Å². The minimum absolute atomic E-state index is 0.0318. The van der Waals surface area contributed by atoms with Crippen LogP contribution in [-0.2, 0) is 16.1 Å². The highest BCUT2D eigenvalue weighted by Crippen LogP contribution is 2.30. The summed E-state index contributed by atoms with van der Waals surface area (Å²) in [6.07, 6.45) is 3.81. The summed E-state index contributed by atoms with van der Waals surface area (Å²) in [5.74, 6) is 0.440. The number of amides is 2. The third-order valence-electron chi connectivity index (χ3n) is 5.72.